The molecule has 0 radical (unpaired) electrons. The number of pyridine rings is 1. The summed E-state index contributed by atoms with van der Waals surface area (Å²) in [4.78, 5) is 18.1. The smallest absolute Gasteiger partial charge is 0.410 e. The molecular formula is C17H26N2O3. The van der Waals surface area contributed by atoms with Crippen molar-refractivity contribution in [2.75, 3.05) is 20.2 Å². The van der Waals surface area contributed by atoms with Crippen LogP contribution in [0.5, 0.6) is 5.88 Å². The molecule has 0 bridgehead atoms. The molecule has 1 aliphatic heterocycles. The van der Waals surface area contributed by atoms with Gasteiger partial charge in [0.2, 0.25) is 5.88 Å². The summed E-state index contributed by atoms with van der Waals surface area (Å²) in [6, 6.07) is 3.96. The summed E-state index contributed by atoms with van der Waals surface area (Å²) in [5.41, 5.74) is 0.791. The molecule has 0 unspecified atom stereocenters. The number of piperidine rings is 1. The predicted molar refractivity (Wildman–Crippen MR) is 85.0 cm³/mol. The minimum Gasteiger partial charge on any atom is -0.481 e. The zero-order valence-corrected chi connectivity index (χ0v) is 14.0. The van der Waals surface area contributed by atoms with E-state index >= 15 is 0 Å². The van der Waals surface area contributed by atoms with E-state index < -0.39 is 5.60 Å². The van der Waals surface area contributed by atoms with Gasteiger partial charge in [-0.25, -0.2) is 9.78 Å². The largest absolute Gasteiger partial charge is 0.481 e. The SMILES string of the molecule is COc1ccc(CC2CCN(C(=O)OC(C)(C)C)CC2)cn1. The van der Waals surface area contributed by atoms with Crippen LogP contribution in [0.4, 0.5) is 4.79 Å². The number of carbonyl (C=O) groups excluding carboxylic acids is 1. The lowest BCUT2D eigenvalue weighted by Crippen LogP contribution is -2.42. The zero-order valence-electron chi connectivity index (χ0n) is 14.0. The fourth-order valence-corrected chi connectivity index (χ4v) is 2.63. The third-order valence-electron chi connectivity index (χ3n) is 3.80. The van der Waals surface area contributed by atoms with Gasteiger partial charge >= 0.3 is 6.09 Å². The van der Waals surface area contributed by atoms with E-state index in [9.17, 15) is 4.79 Å². The standard InChI is InChI=1S/C17H26N2O3/c1-17(2,3)22-16(20)19-9-7-13(8-10-19)11-14-5-6-15(21-4)18-12-14/h5-6,12-13H,7-11H2,1-4H3. The van der Waals surface area contributed by atoms with E-state index in [1.54, 1.807) is 7.11 Å². The molecule has 0 atom stereocenters. The summed E-state index contributed by atoms with van der Waals surface area (Å²) in [6.07, 6.45) is 4.69. The van der Waals surface area contributed by atoms with Crippen LogP contribution in [0.3, 0.4) is 0 Å². The molecule has 0 saturated carbocycles. The van der Waals surface area contributed by atoms with Crippen molar-refractivity contribution in [3.05, 3.63) is 23.9 Å². The van der Waals surface area contributed by atoms with Crippen LogP contribution < -0.4 is 4.74 Å². The average Bonchev–Trinajstić information content (AvgIpc) is 2.47. The highest BCUT2D eigenvalue weighted by atomic mass is 16.6. The van der Waals surface area contributed by atoms with Gasteiger partial charge < -0.3 is 14.4 Å². The fourth-order valence-electron chi connectivity index (χ4n) is 2.63. The van der Waals surface area contributed by atoms with Gasteiger partial charge in [-0.3, -0.25) is 0 Å². The number of hydrogen-bond acceptors (Lipinski definition) is 4. The molecule has 2 rings (SSSR count). The Morgan fingerprint density at radius 3 is 2.50 bits per heavy atom. The van der Waals surface area contributed by atoms with Crippen LogP contribution in [-0.2, 0) is 11.2 Å². The van der Waals surface area contributed by atoms with Crippen LogP contribution in [0.1, 0.15) is 39.2 Å². The van der Waals surface area contributed by atoms with Crippen LogP contribution in [0, 0.1) is 5.92 Å². The molecule has 1 aliphatic rings. The lowest BCUT2D eigenvalue weighted by atomic mass is 9.91. The number of methoxy groups -OCH3 is 1. The first-order valence-corrected chi connectivity index (χ1v) is 7.84. The number of carbonyl (C=O) groups is 1. The highest BCUT2D eigenvalue weighted by molar-refractivity contribution is 5.68. The Bertz CT molecular complexity index is 486. The number of hydrogen-bond donors (Lipinski definition) is 0. The number of ether oxygens (including phenoxy) is 2. The Labute approximate surface area is 132 Å². The molecule has 5 nitrogen and oxygen atoms in total. The number of amides is 1. The molecule has 1 aromatic rings. The van der Waals surface area contributed by atoms with Crippen LogP contribution >= 0.6 is 0 Å². The van der Waals surface area contributed by atoms with Crippen molar-refractivity contribution in [2.45, 2.75) is 45.6 Å². The summed E-state index contributed by atoms with van der Waals surface area (Å²) in [6.45, 7) is 7.23. The highest BCUT2D eigenvalue weighted by Gasteiger charge is 2.26. The Morgan fingerprint density at radius 1 is 1.32 bits per heavy atom. The van der Waals surface area contributed by atoms with Crippen molar-refractivity contribution in [3.8, 4) is 5.88 Å². The number of nitrogens with zero attached hydrogens (tertiary/aromatic N) is 2. The summed E-state index contributed by atoms with van der Waals surface area (Å²) >= 11 is 0. The molecule has 2 heterocycles. The molecule has 1 fully saturated rings. The summed E-state index contributed by atoms with van der Waals surface area (Å²) in [7, 11) is 1.62. The average molecular weight is 306 g/mol. The second-order valence-corrected chi connectivity index (χ2v) is 6.82. The van der Waals surface area contributed by atoms with Gasteiger partial charge in [-0.1, -0.05) is 6.07 Å². The van der Waals surface area contributed by atoms with E-state index in [0.29, 0.717) is 11.8 Å². The first-order chi connectivity index (χ1) is 10.4. The monoisotopic (exact) mass is 306 g/mol. The van der Waals surface area contributed by atoms with Crippen molar-refractivity contribution in [3.63, 3.8) is 0 Å². The first kappa shape index (κ1) is 16.6. The molecule has 122 valence electrons. The summed E-state index contributed by atoms with van der Waals surface area (Å²) < 4.78 is 10.5. The van der Waals surface area contributed by atoms with E-state index in [0.717, 1.165) is 32.4 Å². The minimum atomic E-state index is -0.428. The third kappa shape index (κ3) is 4.90. The maximum absolute atomic E-state index is 12.0. The topological polar surface area (TPSA) is 51.7 Å². The number of aromatic nitrogens is 1. The van der Waals surface area contributed by atoms with Gasteiger partial charge in [0.05, 0.1) is 7.11 Å². The predicted octanol–water partition coefficient (Wildman–Crippen LogP) is 3.28. The van der Waals surface area contributed by atoms with Crippen molar-refractivity contribution >= 4 is 6.09 Å². The normalized spacial score (nSPS) is 16.5. The molecule has 0 aromatic carbocycles. The quantitative estimate of drug-likeness (QED) is 0.860. The van der Waals surface area contributed by atoms with E-state index in [-0.39, 0.29) is 6.09 Å². The highest BCUT2D eigenvalue weighted by Crippen LogP contribution is 2.23. The fraction of sp³-hybridized carbons (Fsp3) is 0.647. The van der Waals surface area contributed by atoms with Gasteiger partial charge in [0, 0.05) is 25.4 Å². The molecule has 0 N–H and O–H groups in total. The van der Waals surface area contributed by atoms with Gasteiger partial charge in [-0.2, -0.15) is 0 Å². The molecule has 0 spiro atoms. The molecule has 1 saturated heterocycles. The Balaban J connectivity index is 1.80. The van der Waals surface area contributed by atoms with Crippen LogP contribution in [0.25, 0.3) is 0 Å². The minimum absolute atomic E-state index is 0.197. The van der Waals surface area contributed by atoms with Crippen LogP contribution in [0.2, 0.25) is 0 Å². The summed E-state index contributed by atoms with van der Waals surface area (Å²) in [5, 5.41) is 0. The maximum atomic E-state index is 12.0. The number of likely N-dealkylation sites (tertiary alicyclic amines) is 1. The van der Waals surface area contributed by atoms with E-state index in [2.05, 4.69) is 11.1 Å². The zero-order chi connectivity index (χ0) is 16.2. The molecular weight excluding hydrogens is 280 g/mol. The van der Waals surface area contributed by atoms with Gasteiger partial charge in [0.1, 0.15) is 5.60 Å². The summed E-state index contributed by atoms with van der Waals surface area (Å²) in [5.74, 6) is 1.23. The Morgan fingerprint density at radius 2 is 2.00 bits per heavy atom. The van der Waals surface area contributed by atoms with Gasteiger partial charge in [0.15, 0.2) is 0 Å². The van der Waals surface area contributed by atoms with Gasteiger partial charge in [-0.15, -0.1) is 0 Å². The molecule has 22 heavy (non-hydrogen) atoms. The van der Waals surface area contributed by atoms with Crippen molar-refractivity contribution < 1.29 is 14.3 Å². The molecule has 0 aliphatic carbocycles. The molecule has 1 aromatic heterocycles. The first-order valence-electron chi connectivity index (χ1n) is 7.84. The Kier molecular flexibility index (Phi) is 5.27. The van der Waals surface area contributed by atoms with Crippen LogP contribution in [0.15, 0.2) is 18.3 Å². The van der Waals surface area contributed by atoms with Crippen molar-refractivity contribution in [1.82, 2.24) is 9.88 Å². The van der Waals surface area contributed by atoms with E-state index in [1.165, 1.54) is 5.56 Å². The van der Waals surface area contributed by atoms with E-state index in [4.69, 9.17) is 9.47 Å². The lowest BCUT2D eigenvalue weighted by molar-refractivity contribution is 0.0184. The van der Waals surface area contributed by atoms with Crippen molar-refractivity contribution in [2.24, 2.45) is 5.92 Å². The third-order valence-corrected chi connectivity index (χ3v) is 3.80. The van der Waals surface area contributed by atoms with Crippen molar-refractivity contribution in [1.29, 1.82) is 0 Å². The second-order valence-electron chi connectivity index (χ2n) is 6.82. The van der Waals surface area contributed by atoms with Gasteiger partial charge in [-0.05, 0) is 51.5 Å². The molecule has 1 amide bonds. The van der Waals surface area contributed by atoms with Gasteiger partial charge in [0.25, 0.3) is 0 Å². The number of rotatable bonds is 3. The second kappa shape index (κ2) is 6.99. The Hall–Kier alpha value is -1.78. The lowest BCUT2D eigenvalue weighted by Gasteiger charge is -2.33. The van der Waals surface area contributed by atoms with E-state index in [1.807, 2.05) is 37.9 Å². The maximum Gasteiger partial charge on any atom is 0.410 e. The molecule has 5 heteroatoms. The van der Waals surface area contributed by atoms with Crippen LogP contribution in [-0.4, -0.2) is 41.8 Å².